The Kier molecular flexibility index (Phi) is 7.12. The molecule has 0 spiro atoms. The van der Waals surface area contributed by atoms with E-state index >= 15 is 0 Å². The molecule has 2 aromatic carbocycles. The molecule has 0 radical (unpaired) electrons. The number of rotatable bonds is 8. The second-order valence-electron chi connectivity index (χ2n) is 5.43. The molecule has 2 aromatic rings. The van der Waals surface area contributed by atoms with Crippen molar-refractivity contribution < 1.29 is 9.59 Å². The zero-order valence-corrected chi connectivity index (χ0v) is 17.0. The molecule has 0 aliphatic carbocycles. The van der Waals surface area contributed by atoms with Crippen LogP contribution in [0.2, 0.25) is 8.87 Å². The molecule has 2 rings (SSSR count). The van der Waals surface area contributed by atoms with Crippen LogP contribution in [0.15, 0.2) is 60.7 Å². The van der Waals surface area contributed by atoms with Gasteiger partial charge < -0.3 is 0 Å². The third-order valence-corrected chi connectivity index (χ3v) is 14.3. The maximum atomic E-state index is 12.1. The molecule has 0 bridgehead atoms. The Bertz CT molecular complexity index is 600. The van der Waals surface area contributed by atoms with Gasteiger partial charge in [-0.05, 0) is 0 Å². The average molecular weight is 456 g/mol. The molecule has 0 unspecified atom stereocenters. The Hall–Kier alpha value is -0.841. The van der Waals surface area contributed by atoms with Crippen molar-refractivity contribution in [2.24, 2.45) is 0 Å². The zero-order chi connectivity index (χ0) is 16.7. The second-order valence-corrected chi connectivity index (χ2v) is 24.2. The Morgan fingerprint density at radius 1 is 0.696 bits per heavy atom. The van der Waals surface area contributed by atoms with Gasteiger partial charge in [0, 0.05) is 0 Å². The van der Waals surface area contributed by atoms with Crippen LogP contribution in [0.4, 0.5) is 0 Å². The van der Waals surface area contributed by atoms with Crippen molar-refractivity contribution in [1.29, 1.82) is 0 Å². The number of Topliss-reactive ketones (excluding diaryl/α,β-unsaturated/α-hetero) is 2. The normalized spacial score (nSPS) is 11.2. The number of carbonyl (C=O) groups excluding carboxylic acids is 2. The molecule has 120 valence electrons. The standard InChI is InChI=1S/2C9H9O.2ClH.Sn/c2*1-2-9(10)8-6-4-3-5-7-8;;;/h2*3-7H,1-2H2;2*1H;/q;;;;+2/p-2. The average Bonchev–Trinajstić information content (AvgIpc) is 2.59. The predicted molar refractivity (Wildman–Crippen MR) is 97.9 cm³/mol. The van der Waals surface area contributed by atoms with E-state index in [0.717, 1.165) is 0 Å². The van der Waals surface area contributed by atoms with E-state index in [-0.39, 0.29) is 11.6 Å². The van der Waals surface area contributed by atoms with Gasteiger partial charge in [0.25, 0.3) is 0 Å². The van der Waals surface area contributed by atoms with Gasteiger partial charge in [-0.2, -0.15) is 0 Å². The molecule has 0 saturated carbocycles. The van der Waals surface area contributed by atoms with Crippen molar-refractivity contribution in [1.82, 2.24) is 0 Å². The summed E-state index contributed by atoms with van der Waals surface area (Å²) in [6, 6.07) is 18.3. The van der Waals surface area contributed by atoms with Crippen LogP contribution in [-0.4, -0.2) is 27.7 Å². The minimum absolute atomic E-state index is 0.0577. The molecule has 0 aromatic heterocycles. The van der Waals surface area contributed by atoms with Crippen LogP contribution in [0.3, 0.4) is 0 Å². The van der Waals surface area contributed by atoms with Gasteiger partial charge in [0.1, 0.15) is 0 Å². The van der Waals surface area contributed by atoms with E-state index in [1.165, 1.54) is 0 Å². The number of hydrogen-bond donors (Lipinski definition) is 0. The summed E-state index contributed by atoms with van der Waals surface area (Å²) in [5.74, 6) is 0.115. The van der Waals surface area contributed by atoms with Crippen LogP contribution in [0.1, 0.15) is 33.6 Å². The van der Waals surface area contributed by atoms with Gasteiger partial charge in [0.2, 0.25) is 0 Å². The number of carbonyl (C=O) groups is 2. The molecule has 0 fully saturated rings. The number of hydrogen-bond acceptors (Lipinski definition) is 2. The summed E-state index contributed by atoms with van der Waals surface area (Å²) in [5, 5.41) is 0. The second kappa shape index (κ2) is 8.86. The van der Waals surface area contributed by atoms with E-state index in [2.05, 4.69) is 0 Å². The van der Waals surface area contributed by atoms with Crippen LogP contribution in [0, 0.1) is 0 Å². The topological polar surface area (TPSA) is 34.1 Å². The molecule has 0 saturated heterocycles. The Morgan fingerprint density at radius 2 is 1.04 bits per heavy atom. The van der Waals surface area contributed by atoms with Gasteiger partial charge in [-0.3, -0.25) is 0 Å². The third kappa shape index (κ3) is 6.28. The van der Waals surface area contributed by atoms with E-state index in [1.54, 1.807) is 24.3 Å². The Balaban J connectivity index is 1.82. The molecular weight excluding hydrogens is 438 g/mol. The van der Waals surface area contributed by atoms with E-state index < -0.39 is 16.1 Å². The molecular formula is C18H18Cl2O2Sn. The molecule has 5 heteroatoms. The Morgan fingerprint density at radius 3 is 1.39 bits per heavy atom. The first-order valence-electron chi connectivity index (χ1n) is 7.52. The van der Waals surface area contributed by atoms with Gasteiger partial charge in [0.05, 0.1) is 0 Å². The van der Waals surface area contributed by atoms with Gasteiger partial charge in [-0.1, -0.05) is 0 Å². The molecule has 0 atom stereocenters. The van der Waals surface area contributed by atoms with E-state index in [1.807, 2.05) is 36.4 Å². The Labute approximate surface area is 148 Å². The van der Waals surface area contributed by atoms with Crippen LogP contribution in [0.5, 0.6) is 0 Å². The molecule has 0 N–H and O–H groups in total. The van der Waals surface area contributed by atoms with Crippen LogP contribution in [-0.2, 0) is 0 Å². The summed E-state index contributed by atoms with van der Waals surface area (Å²) in [4.78, 5) is 24.2. The SMILES string of the molecule is O=C(C[CH2][Sn]([Cl])([Cl])[CH2]CC(=O)c1ccccc1)c1ccccc1. The van der Waals surface area contributed by atoms with Crippen molar-refractivity contribution in [2.45, 2.75) is 21.7 Å². The first-order valence-corrected chi connectivity index (χ1v) is 18.8. The van der Waals surface area contributed by atoms with Gasteiger partial charge in [0.15, 0.2) is 0 Å². The van der Waals surface area contributed by atoms with Crippen molar-refractivity contribution in [3.63, 3.8) is 0 Å². The van der Waals surface area contributed by atoms with Crippen LogP contribution >= 0.6 is 17.8 Å². The number of benzene rings is 2. The third-order valence-electron chi connectivity index (χ3n) is 3.63. The van der Waals surface area contributed by atoms with Crippen LogP contribution in [0.25, 0.3) is 0 Å². The van der Waals surface area contributed by atoms with E-state index in [9.17, 15) is 9.59 Å². The first kappa shape index (κ1) is 18.5. The fraction of sp³-hybridized carbons (Fsp3) is 0.222. The van der Waals surface area contributed by atoms with Crippen LogP contribution < -0.4 is 0 Å². The monoisotopic (exact) mass is 456 g/mol. The van der Waals surface area contributed by atoms with Gasteiger partial charge in [-0.25, -0.2) is 0 Å². The number of ketones is 2. The maximum absolute atomic E-state index is 12.1. The van der Waals surface area contributed by atoms with E-state index in [4.69, 9.17) is 17.8 Å². The van der Waals surface area contributed by atoms with E-state index in [0.29, 0.717) is 32.8 Å². The summed E-state index contributed by atoms with van der Waals surface area (Å²) in [6.07, 6.45) is 0.708. The summed E-state index contributed by atoms with van der Waals surface area (Å²) in [6.45, 7) is 0. The molecule has 0 aliphatic rings. The zero-order valence-electron chi connectivity index (χ0n) is 12.7. The predicted octanol–water partition coefficient (Wildman–Crippen LogP) is 5.45. The summed E-state index contributed by atoms with van der Waals surface area (Å²) in [5.41, 5.74) is 1.37. The van der Waals surface area contributed by atoms with Gasteiger partial charge >= 0.3 is 149 Å². The number of halogens is 2. The van der Waals surface area contributed by atoms with Crippen molar-refractivity contribution in [3.05, 3.63) is 71.8 Å². The van der Waals surface area contributed by atoms with Crippen molar-refractivity contribution in [3.8, 4) is 0 Å². The minimum atomic E-state index is -3.37. The summed E-state index contributed by atoms with van der Waals surface area (Å²) >= 11 is -3.37. The summed E-state index contributed by atoms with van der Waals surface area (Å²) in [7, 11) is 12.9. The molecule has 23 heavy (non-hydrogen) atoms. The fourth-order valence-electron chi connectivity index (χ4n) is 2.25. The molecule has 0 heterocycles. The molecule has 0 aliphatic heterocycles. The molecule has 2 nitrogen and oxygen atoms in total. The molecule has 0 amide bonds. The van der Waals surface area contributed by atoms with Crippen molar-refractivity contribution in [2.75, 3.05) is 0 Å². The van der Waals surface area contributed by atoms with Crippen molar-refractivity contribution >= 4 is 45.5 Å². The summed E-state index contributed by atoms with van der Waals surface area (Å²) < 4.78 is 1.07. The fourth-order valence-corrected chi connectivity index (χ4v) is 8.89. The quantitative estimate of drug-likeness (QED) is 0.391. The van der Waals surface area contributed by atoms with Gasteiger partial charge in [-0.15, -0.1) is 0 Å². The first-order chi connectivity index (χ1) is 11.0.